The molecule has 0 aliphatic heterocycles. The Morgan fingerprint density at radius 1 is 0.824 bits per heavy atom. The first kappa shape index (κ1) is 13.0. The third-order valence-corrected chi connectivity index (χ3v) is 7.14. The first-order valence-electron chi connectivity index (χ1n) is 6.77. The smallest absolute Gasteiger partial charge is 0.156 e. The van der Waals surface area contributed by atoms with Gasteiger partial charge in [0.1, 0.15) is 6.04 Å². The Morgan fingerprint density at radius 2 is 1.35 bits per heavy atom. The summed E-state index contributed by atoms with van der Waals surface area (Å²) in [5.74, 6) is 0. The summed E-state index contributed by atoms with van der Waals surface area (Å²) in [7, 11) is -2.90. The van der Waals surface area contributed by atoms with E-state index in [1.54, 1.807) is 0 Å². The van der Waals surface area contributed by atoms with Gasteiger partial charge in [-0.3, -0.25) is 0 Å². The molecule has 0 heterocycles. The number of hydrogen-bond donors (Lipinski definition) is 1. The van der Waals surface area contributed by atoms with Crippen molar-refractivity contribution in [3.8, 4) is 0 Å². The van der Waals surface area contributed by atoms with Crippen LogP contribution in [0.3, 0.4) is 0 Å². The van der Waals surface area contributed by atoms with Crippen LogP contribution in [-0.2, 0) is 9.84 Å². The predicted octanol–water partition coefficient (Wildman–Crippen LogP) is 1.26. The Bertz CT molecular complexity index is 353. The van der Waals surface area contributed by atoms with Crippen molar-refractivity contribution in [1.29, 1.82) is 0 Å². The molecule has 0 unspecified atom stereocenters. The molecule has 0 spiro atoms. The lowest BCUT2D eigenvalue weighted by atomic mass is 9.96. The van der Waals surface area contributed by atoms with Gasteiger partial charge < -0.3 is 0 Å². The van der Waals surface area contributed by atoms with Crippen LogP contribution in [-0.4, -0.2) is 25.0 Å². The monoisotopic (exact) mass is 259 g/mol. The van der Waals surface area contributed by atoms with Gasteiger partial charge in [0.25, 0.3) is 0 Å². The molecule has 2 saturated carbocycles. The van der Waals surface area contributed by atoms with E-state index in [9.17, 15) is 8.42 Å². The third-order valence-electron chi connectivity index (χ3n) is 4.34. The van der Waals surface area contributed by atoms with Gasteiger partial charge in [0.2, 0.25) is 0 Å². The van der Waals surface area contributed by atoms with Gasteiger partial charge in [0.15, 0.2) is 9.84 Å². The molecule has 4 nitrogen and oxygen atoms in total. The van der Waals surface area contributed by atoms with Crippen molar-refractivity contribution in [3.05, 3.63) is 0 Å². The van der Waals surface area contributed by atoms with E-state index >= 15 is 0 Å². The first-order chi connectivity index (χ1) is 8.14. The molecule has 2 rings (SSSR count). The van der Waals surface area contributed by atoms with E-state index in [4.69, 9.17) is 5.53 Å². The number of rotatable bonds is 3. The van der Waals surface area contributed by atoms with E-state index in [0.717, 1.165) is 51.4 Å². The van der Waals surface area contributed by atoms with Crippen LogP contribution in [0.2, 0.25) is 0 Å². The van der Waals surface area contributed by atoms with Crippen LogP contribution in [0.1, 0.15) is 57.8 Å². The lowest BCUT2D eigenvalue weighted by Crippen LogP contribution is -2.38. The Hall–Kier alpha value is -0.450. The Kier molecular flexibility index (Phi) is 4.17. The number of hydrogen-bond acceptors (Lipinski definition) is 3. The zero-order valence-corrected chi connectivity index (χ0v) is 11.2. The minimum atomic E-state index is -2.90. The minimum Gasteiger partial charge on any atom is -0.228 e. The van der Waals surface area contributed by atoms with Gasteiger partial charge in [-0.05, 0) is 43.6 Å². The van der Waals surface area contributed by atoms with Gasteiger partial charge in [0, 0.05) is 0 Å². The molecule has 0 atom stereocenters. The standard InChI is InChI=1S/C12H22N2O2S/c13-14-10-6-8-12(9-7-10)17(15,16)11-4-2-1-3-5-11/h10-13H,1-9H2/p+1. The maximum Gasteiger partial charge on any atom is 0.156 e. The van der Waals surface area contributed by atoms with Crippen LogP contribution in [0.25, 0.3) is 0 Å². The van der Waals surface area contributed by atoms with Crippen molar-refractivity contribution < 1.29 is 13.9 Å². The summed E-state index contributed by atoms with van der Waals surface area (Å²) in [5, 5.41) is 3.60. The SMILES string of the molecule is [NH2+]=NC1CCC(S(=O)(=O)C2CCCCC2)CC1. The lowest BCUT2D eigenvalue weighted by Gasteiger charge is -2.30. The van der Waals surface area contributed by atoms with E-state index in [1.165, 1.54) is 6.42 Å². The maximum absolute atomic E-state index is 12.5. The van der Waals surface area contributed by atoms with Crippen LogP contribution in [0.4, 0.5) is 0 Å². The molecule has 0 aromatic rings. The summed E-state index contributed by atoms with van der Waals surface area (Å²) in [6, 6.07) is 0.188. The van der Waals surface area contributed by atoms with Crippen LogP contribution in [0.5, 0.6) is 0 Å². The summed E-state index contributed by atoms with van der Waals surface area (Å²) >= 11 is 0. The maximum atomic E-state index is 12.5. The third kappa shape index (κ3) is 2.87. The Balaban J connectivity index is 1.98. The van der Waals surface area contributed by atoms with Crippen molar-refractivity contribution in [1.82, 2.24) is 0 Å². The van der Waals surface area contributed by atoms with Crippen molar-refractivity contribution >= 4 is 9.84 Å². The predicted molar refractivity (Wildman–Crippen MR) is 66.2 cm³/mol. The van der Waals surface area contributed by atoms with Gasteiger partial charge in [0.05, 0.1) is 10.5 Å². The molecule has 0 aromatic carbocycles. The fraction of sp³-hybridized carbons (Fsp3) is 1.00. The second-order valence-corrected chi connectivity index (χ2v) is 7.94. The quantitative estimate of drug-likeness (QED) is 0.775. The summed E-state index contributed by atoms with van der Waals surface area (Å²) in [6.45, 7) is 0. The van der Waals surface area contributed by atoms with Gasteiger partial charge in [-0.25, -0.2) is 8.42 Å². The highest BCUT2D eigenvalue weighted by atomic mass is 32.2. The van der Waals surface area contributed by atoms with Crippen molar-refractivity contribution in [2.45, 2.75) is 74.3 Å². The highest BCUT2D eigenvalue weighted by Gasteiger charge is 2.37. The number of sulfone groups is 1. The molecule has 2 aliphatic carbocycles. The normalized spacial score (nSPS) is 32.2. The van der Waals surface area contributed by atoms with Crippen LogP contribution in [0, 0.1) is 0 Å². The number of nitrogens with two attached hydrogens (primary N) is 1. The zero-order chi connectivity index (χ0) is 12.3. The van der Waals surface area contributed by atoms with Crippen molar-refractivity contribution in [2.24, 2.45) is 5.11 Å². The van der Waals surface area contributed by atoms with Gasteiger partial charge >= 0.3 is 0 Å². The molecule has 2 aliphatic rings. The molecule has 2 N–H and O–H groups in total. The zero-order valence-electron chi connectivity index (χ0n) is 10.3. The molecule has 0 aromatic heterocycles. The largest absolute Gasteiger partial charge is 0.228 e. The second-order valence-electron chi connectivity index (χ2n) is 5.43. The minimum absolute atomic E-state index is 0.0624. The van der Waals surface area contributed by atoms with E-state index in [1.807, 2.05) is 0 Å². The fourth-order valence-electron chi connectivity index (χ4n) is 3.19. The second kappa shape index (κ2) is 5.46. The molecule has 0 bridgehead atoms. The molecule has 0 radical (unpaired) electrons. The molecular formula is C12H23N2O2S+. The summed E-state index contributed by atoms with van der Waals surface area (Å²) in [6.07, 6.45) is 8.31. The van der Waals surface area contributed by atoms with Crippen LogP contribution in [0.15, 0.2) is 5.11 Å². The average Bonchev–Trinajstić information content (AvgIpc) is 2.40. The molecule has 17 heavy (non-hydrogen) atoms. The van der Waals surface area contributed by atoms with Crippen LogP contribution < -0.4 is 5.53 Å². The average molecular weight is 259 g/mol. The van der Waals surface area contributed by atoms with Gasteiger partial charge in [-0.1, -0.05) is 19.3 Å². The highest BCUT2D eigenvalue weighted by Crippen LogP contribution is 2.32. The first-order valence-corrected chi connectivity index (χ1v) is 8.38. The fourth-order valence-corrected chi connectivity index (χ4v) is 5.65. The molecule has 98 valence electrons. The van der Waals surface area contributed by atoms with Crippen molar-refractivity contribution in [3.63, 3.8) is 0 Å². The van der Waals surface area contributed by atoms with E-state index < -0.39 is 9.84 Å². The number of nitrogens with zero attached hydrogens (tertiary/aromatic N) is 1. The molecular weight excluding hydrogens is 236 g/mol. The molecule has 0 amide bonds. The van der Waals surface area contributed by atoms with Crippen molar-refractivity contribution in [2.75, 3.05) is 0 Å². The topological polar surface area (TPSA) is 72.1 Å². The summed E-state index contributed by atoms with van der Waals surface area (Å²) < 4.78 is 24.9. The molecule has 0 saturated heterocycles. The Morgan fingerprint density at radius 3 is 1.88 bits per heavy atom. The Labute approximate surface area is 104 Å². The van der Waals surface area contributed by atoms with Crippen LogP contribution >= 0.6 is 0 Å². The van der Waals surface area contributed by atoms with Gasteiger partial charge in [-0.15, -0.1) is 0 Å². The highest BCUT2D eigenvalue weighted by molar-refractivity contribution is 7.92. The lowest BCUT2D eigenvalue weighted by molar-refractivity contribution is -0.230. The van der Waals surface area contributed by atoms with Gasteiger partial charge in [-0.2, -0.15) is 5.53 Å². The van der Waals surface area contributed by atoms with E-state index in [-0.39, 0.29) is 16.5 Å². The summed E-state index contributed by atoms with van der Waals surface area (Å²) in [5.41, 5.74) is 5.28. The van der Waals surface area contributed by atoms with E-state index in [0.29, 0.717) is 0 Å². The molecule has 5 heteroatoms. The summed E-state index contributed by atoms with van der Waals surface area (Å²) in [4.78, 5) is 0. The van der Waals surface area contributed by atoms with E-state index in [2.05, 4.69) is 5.11 Å². The molecule has 2 fully saturated rings.